The van der Waals surface area contributed by atoms with Gasteiger partial charge in [0.25, 0.3) is 0 Å². The third-order valence-electron chi connectivity index (χ3n) is 4.71. The van der Waals surface area contributed by atoms with Crippen LogP contribution in [0.1, 0.15) is 36.5 Å². The van der Waals surface area contributed by atoms with Gasteiger partial charge in [0, 0.05) is 24.3 Å². The molecule has 1 saturated heterocycles. The molecule has 2 N–H and O–H groups in total. The molecule has 3 rings (SSSR count). The topological polar surface area (TPSA) is 87.7 Å². The van der Waals surface area contributed by atoms with E-state index in [0.717, 1.165) is 12.8 Å². The van der Waals surface area contributed by atoms with E-state index in [1.165, 1.54) is 29.2 Å². The maximum Gasteiger partial charge on any atom is 0.338 e. The van der Waals surface area contributed by atoms with Crippen molar-refractivity contribution in [1.29, 1.82) is 0 Å². The Balaban J connectivity index is 1.50. The highest BCUT2D eigenvalue weighted by molar-refractivity contribution is 5.97. The molecule has 2 aromatic rings. The van der Waals surface area contributed by atoms with E-state index in [0.29, 0.717) is 30.1 Å². The van der Waals surface area contributed by atoms with Crippen LogP contribution in [0.2, 0.25) is 0 Å². The number of anilines is 2. The van der Waals surface area contributed by atoms with E-state index in [2.05, 4.69) is 10.6 Å². The van der Waals surface area contributed by atoms with Crippen molar-refractivity contribution in [3.8, 4) is 0 Å². The lowest BCUT2D eigenvalue weighted by atomic mass is 10.2. The first kappa shape index (κ1) is 21.3. The summed E-state index contributed by atoms with van der Waals surface area (Å²) in [7, 11) is 0. The number of urea groups is 1. The number of benzene rings is 2. The number of carbonyl (C=O) groups excluding carboxylic acids is 3. The first-order valence-corrected chi connectivity index (χ1v) is 9.87. The molecule has 3 amide bonds. The van der Waals surface area contributed by atoms with E-state index in [1.807, 2.05) is 6.92 Å². The van der Waals surface area contributed by atoms with E-state index in [1.54, 1.807) is 24.3 Å². The normalized spacial score (nSPS) is 15.7. The van der Waals surface area contributed by atoms with Gasteiger partial charge in [-0.05, 0) is 55.0 Å². The van der Waals surface area contributed by atoms with E-state index in [-0.39, 0.29) is 24.2 Å². The van der Waals surface area contributed by atoms with E-state index in [9.17, 15) is 18.8 Å². The molecule has 30 heavy (non-hydrogen) atoms. The Hall–Kier alpha value is -3.42. The largest absolute Gasteiger partial charge is 0.462 e. The summed E-state index contributed by atoms with van der Waals surface area (Å²) in [5, 5.41) is 5.44. The average molecular weight is 413 g/mol. The molecular weight excluding hydrogens is 389 g/mol. The van der Waals surface area contributed by atoms with Crippen molar-refractivity contribution in [3.05, 3.63) is 59.9 Å². The number of unbranched alkanes of at least 4 members (excludes halogenated alkanes) is 1. The second-order valence-electron chi connectivity index (χ2n) is 7.05. The number of nitrogens with zero attached hydrogens (tertiary/aromatic N) is 1. The molecule has 0 aliphatic carbocycles. The summed E-state index contributed by atoms with van der Waals surface area (Å²) in [5.74, 6) is -0.915. The standard InChI is InChI=1S/C22H24FN3O4/c1-2-3-12-30-21(28)15-4-8-17(9-5-15)24-22(29)25-18-13-20(27)26(14-18)19-10-6-16(23)7-11-19/h4-11,18H,2-3,12-14H2,1H3,(H2,24,25,29)/t18-/m1/s1. The lowest BCUT2D eigenvalue weighted by Crippen LogP contribution is -2.39. The fraction of sp³-hybridized carbons (Fsp3) is 0.318. The van der Waals surface area contributed by atoms with Gasteiger partial charge in [0.15, 0.2) is 0 Å². The summed E-state index contributed by atoms with van der Waals surface area (Å²) in [6.45, 7) is 2.70. The molecule has 0 spiro atoms. The number of amides is 3. The Morgan fingerprint density at radius 3 is 2.50 bits per heavy atom. The summed E-state index contributed by atoms with van der Waals surface area (Å²) in [5.41, 5.74) is 1.51. The maximum atomic E-state index is 13.1. The van der Waals surface area contributed by atoms with Crippen LogP contribution in [-0.4, -0.2) is 37.1 Å². The fourth-order valence-corrected chi connectivity index (χ4v) is 3.11. The number of hydrogen-bond acceptors (Lipinski definition) is 4. The van der Waals surface area contributed by atoms with E-state index in [4.69, 9.17) is 4.74 Å². The highest BCUT2D eigenvalue weighted by Gasteiger charge is 2.31. The average Bonchev–Trinajstić information content (AvgIpc) is 3.09. The van der Waals surface area contributed by atoms with Gasteiger partial charge in [0.2, 0.25) is 5.91 Å². The molecule has 0 unspecified atom stereocenters. The van der Waals surface area contributed by atoms with Crippen LogP contribution in [0, 0.1) is 5.82 Å². The molecule has 0 aromatic heterocycles. The molecule has 1 atom stereocenters. The zero-order valence-corrected chi connectivity index (χ0v) is 16.7. The third kappa shape index (κ3) is 5.56. The van der Waals surface area contributed by atoms with Crippen LogP contribution in [0.15, 0.2) is 48.5 Å². The Labute approximate surface area is 174 Å². The van der Waals surface area contributed by atoms with Gasteiger partial charge >= 0.3 is 12.0 Å². The van der Waals surface area contributed by atoms with Crippen LogP contribution in [0.4, 0.5) is 20.6 Å². The van der Waals surface area contributed by atoms with Crippen LogP contribution in [-0.2, 0) is 9.53 Å². The SMILES string of the molecule is CCCCOC(=O)c1ccc(NC(=O)N[C@@H]2CC(=O)N(c3ccc(F)cc3)C2)cc1. The first-order chi connectivity index (χ1) is 14.5. The summed E-state index contributed by atoms with van der Waals surface area (Å²) < 4.78 is 18.2. The van der Waals surface area contributed by atoms with Crippen LogP contribution in [0.25, 0.3) is 0 Å². The number of carbonyl (C=O) groups is 3. The Bertz CT molecular complexity index is 900. The third-order valence-corrected chi connectivity index (χ3v) is 4.71. The number of esters is 1. The molecule has 8 heteroatoms. The number of ether oxygens (including phenoxy) is 1. The molecular formula is C22H24FN3O4. The van der Waals surface area contributed by atoms with Crippen molar-refractivity contribution in [2.24, 2.45) is 0 Å². The number of nitrogens with one attached hydrogen (secondary N) is 2. The quantitative estimate of drug-likeness (QED) is 0.535. The monoisotopic (exact) mass is 413 g/mol. The Morgan fingerprint density at radius 2 is 1.83 bits per heavy atom. The second-order valence-corrected chi connectivity index (χ2v) is 7.05. The van der Waals surface area contributed by atoms with Gasteiger partial charge in [-0.2, -0.15) is 0 Å². The minimum Gasteiger partial charge on any atom is -0.462 e. The summed E-state index contributed by atoms with van der Waals surface area (Å²) in [6, 6.07) is 11.2. The van der Waals surface area contributed by atoms with E-state index >= 15 is 0 Å². The van der Waals surface area contributed by atoms with Crippen molar-refractivity contribution in [2.45, 2.75) is 32.2 Å². The van der Waals surface area contributed by atoms with E-state index < -0.39 is 12.0 Å². The predicted octanol–water partition coefficient (Wildman–Crippen LogP) is 3.71. The summed E-state index contributed by atoms with van der Waals surface area (Å²) >= 11 is 0. The maximum absolute atomic E-state index is 13.1. The molecule has 1 fully saturated rings. The minimum atomic E-state index is -0.452. The lowest BCUT2D eigenvalue weighted by Gasteiger charge is -2.17. The molecule has 1 aliphatic heterocycles. The molecule has 1 heterocycles. The van der Waals surface area contributed by atoms with Gasteiger partial charge in [-0.25, -0.2) is 14.0 Å². The molecule has 158 valence electrons. The van der Waals surface area contributed by atoms with Gasteiger partial charge in [-0.15, -0.1) is 0 Å². The molecule has 1 aliphatic rings. The highest BCUT2D eigenvalue weighted by Crippen LogP contribution is 2.22. The van der Waals surface area contributed by atoms with Crippen molar-refractivity contribution in [2.75, 3.05) is 23.4 Å². The van der Waals surface area contributed by atoms with Crippen LogP contribution < -0.4 is 15.5 Å². The summed E-state index contributed by atoms with van der Waals surface area (Å²) in [6.07, 6.45) is 1.92. The fourth-order valence-electron chi connectivity index (χ4n) is 3.11. The molecule has 0 bridgehead atoms. The Kier molecular flexibility index (Phi) is 7.00. The zero-order valence-electron chi connectivity index (χ0n) is 16.7. The highest BCUT2D eigenvalue weighted by atomic mass is 19.1. The Morgan fingerprint density at radius 1 is 1.13 bits per heavy atom. The van der Waals surface area contributed by atoms with Gasteiger partial charge in [0.05, 0.1) is 18.2 Å². The van der Waals surface area contributed by atoms with Crippen molar-refractivity contribution >= 4 is 29.3 Å². The first-order valence-electron chi connectivity index (χ1n) is 9.87. The molecule has 2 aromatic carbocycles. The smallest absolute Gasteiger partial charge is 0.338 e. The molecule has 0 saturated carbocycles. The molecule has 0 radical (unpaired) electrons. The lowest BCUT2D eigenvalue weighted by molar-refractivity contribution is -0.117. The number of halogens is 1. The van der Waals surface area contributed by atoms with Gasteiger partial charge < -0.3 is 20.3 Å². The van der Waals surface area contributed by atoms with Crippen molar-refractivity contribution in [1.82, 2.24) is 5.32 Å². The number of hydrogen-bond donors (Lipinski definition) is 2. The van der Waals surface area contributed by atoms with Gasteiger partial charge in [0.1, 0.15) is 5.82 Å². The number of rotatable bonds is 7. The minimum absolute atomic E-state index is 0.141. The van der Waals surface area contributed by atoms with Crippen LogP contribution >= 0.6 is 0 Å². The second kappa shape index (κ2) is 9.87. The zero-order chi connectivity index (χ0) is 21.5. The summed E-state index contributed by atoms with van der Waals surface area (Å²) in [4.78, 5) is 37.9. The van der Waals surface area contributed by atoms with Crippen LogP contribution in [0.5, 0.6) is 0 Å². The predicted molar refractivity (Wildman–Crippen MR) is 111 cm³/mol. The molecule has 7 nitrogen and oxygen atoms in total. The van der Waals surface area contributed by atoms with Crippen LogP contribution in [0.3, 0.4) is 0 Å². The van der Waals surface area contributed by atoms with Crippen molar-refractivity contribution in [3.63, 3.8) is 0 Å². The van der Waals surface area contributed by atoms with Crippen molar-refractivity contribution < 1.29 is 23.5 Å². The van der Waals surface area contributed by atoms with Gasteiger partial charge in [-0.1, -0.05) is 13.3 Å². The van der Waals surface area contributed by atoms with Gasteiger partial charge in [-0.3, -0.25) is 4.79 Å².